The zero-order chi connectivity index (χ0) is 14.4. The van der Waals surface area contributed by atoms with Gasteiger partial charge in [-0.15, -0.1) is 0 Å². The molecule has 2 N–H and O–H groups in total. The van der Waals surface area contributed by atoms with Gasteiger partial charge < -0.3 is 15.2 Å². The summed E-state index contributed by atoms with van der Waals surface area (Å²) in [5.74, 6) is -2.98. The number of anilines is 1. The lowest BCUT2D eigenvalue weighted by atomic mass is 10.2. The molecule has 9 heteroatoms. The summed E-state index contributed by atoms with van der Waals surface area (Å²) in [4.78, 5) is 30.9. The molecule has 0 unspecified atom stereocenters. The standard InChI is InChI=1S/C10H9FN2O6/c11-7-3-6(13(17)18)1-2-8(7)12-9(14)4-19-5-10(15)16/h1-3H,4-5H2,(H,12,14)(H,15,16). The molecule has 0 aliphatic heterocycles. The Morgan fingerprint density at radius 2 is 2.11 bits per heavy atom. The number of nitrogens with zero attached hydrogens (tertiary/aromatic N) is 1. The molecule has 1 aromatic carbocycles. The number of amides is 1. The van der Waals surface area contributed by atoms with Crippen molar-refractivity contribution in [3.8, 4) is 0 Å². The molecule has 0 aliphatic rings. The SMILES string of the molecule is O=C(O)COCC(=O)Nc1ccc([N+](=O)[O-])cc1F. The van der Waals surface area contributed by atoms with Crippen LogP contribution in [-0.2, 0) is 14.3 Å². The van der Waals surface area contributed by atoms with Crippen molar-refractivity contribution in [3.63, 3.8) is 0 Å². The Kier molecular flexibility index (Phi) is 4.89. The third kappa shape index (κ3) is 4.68. The first-order valence-corrected chi connectivity index (χ1v) is 4.93. The van der Waals surface area contributed by atoms with Gasteiger partial charge >= 0.3 is 5.97 Å². The van der Waals surface area contributed by atoms with Gasteiger partial charge in [-0.2, -0.15) is 0 Å². The first kappa shape index (κ1) is 14.5. The summed E-state index contributed by atoms with van der Waals surface area (Å²) in [5, 5.41) is 20.7. The first-order valence-electron chi connectivity index (χ1n) is 4.93. The molecule has 0 bridgehead atoms. The van der Waals surface area contributed by atoms with Crippen molar-refractivity contribution in [1.29, 1.82) is 0 Å². The van der Waals surface area contributed by atoms with E-state index in [1.54, 1.807) is 0 Å². The molecular weight excluding hydrogens is 263 g/mol. The third-order valence-corrected chi connectivity index (χ3v) is 1.90. The number of aliphatic carboxylic acids is 1. The van der Waals surface area contributed by atoms with Crippen molar-refractivity contribution in [1.82, 2.24) is 0 Å². The van der Waals surface area contributed by atoms with Crippen molar-refractivity contribution in [2.75, 3.05) is 18.5 Å². The number of nitro groups is 1. The molecule has 0 saturated carbocycles. The Balaban J connectivity index is 2.59. The summed E-state index contributed by atoms with van der Waals surface area (Å²) in [7, 11) is 0. The second-order valence-corrected chi connectivity index (χ2v) is 3.36. The number of non-ortho nitro benzene ring substituents is 1. The zero-order valence-electron chi connectivity index (χ0n) is 9.46. The highest BCUT2D eigenvalue weighted by atomic mass is 19.1. The van der Waals surface area contributed by atoms with Crippen LogP contribution in [0.4, 0.5) is 15.8 Å². The number of benzene rings is 1. The van der Waals surface area contributed by atoms with Gasteiger partial charge in [-0.05, 0) is 6.07 Å². The van der Waals surface area contributed by atoms with Crippen LogP contribution in [0, 0.1) is 15.9 Å². The van der Waals surface area contributed by atoms with Gasteiger partial charge in [0.1, 0.15) is 13.2 Å². The maximum absolute atomic E-state index is 13.4. The van der Waals surface area contributed by atoms with Gasteiger partial charge in [0.05, 0.1) is 16.7 Å². The summed E-state index contributed by atoms with van der Waals surface area (Å²) in [6, 6.07) is 2.72. The largest absolute Gasteiger partial charge is 0.480 e. The maximum atomic E-state index is 13.4. The van der Waals surface area contributed by atoms with Crippen LogP contribution in [0.15, 0.2) is 18.2 Å². The fraction of sp³-hybridized carbons (Fsp3) is 0.200. The molecule has 0 aliphatic carbocycles. The Morgan fingerprint density at radius 3 is 2.63 bits per heavy atom. The molecule has 1 rings (SSSR count). The monoisotopic (exact) mass is 272 g/mol. The Morgan fingerprint density at radius 1 is 1.42 bits per heavy atom. The average Bonchev–Trinajstić information content (AvgIpc) is 2.31. The number of nitro benzene ring substituents is 1. The number of carbonyl (C=O) groups is 2. The van der Waals surface area contributed by atoms with Crippen LogP contribution in [-0.4, -0.2) is 35.1 Å². The minimum Gasteiger partial charge on any atom is -0.480 e. The number of hydrogen-bond donors (Lipinski definition) is 2. The van der Waals surface area contributed by atoms with Gasteiger partial charge in [0.2, 0.25) is 5.91 Å². The van der Waals surface area contributed by atoms with Crippen molar-refractivity contribution in [3.05, 3.63) is 34.1 Å². The normalized spacial score (nSPS) is 9.95. The average molecular weight is 272 g/mol. The summed E-state index contributed by atoms with van der Waals surface area (Å²) in [6.45, 7) is -1.22. The van der Waals surface area contributed by atoms with E-state index < -0.39 is 41.5 Å². The van der Waals surface area contributed by atoms with E-state index in [4.69, 9.17) is 5.11 Å². The fourth-order valence-corrected chi connectivity index (χ4v) is 1.14. The van der Waals surface area contributed by atoms with Crippen LogP contribution in [0.2, 0.25) is 0 Å². The molecule has 19 heavy (non-hydrogen) atoms. The molecule has 1 aromatic rings. The molecule has 0 spiro atoms. The van der Waals surface area contributed by atoms with E-state index >= 15 is 0 Å². The molecule has 1 amide bonds. The highest BCUT2D eigenvalue weighted by molar-refractivity contribution is 5.92. The number of carboxylic acids is 1. The van der Waals surface area contributed by atoms with Crippen molar-refractivity contribution >= 4 is 23.3 Å². The number of carbonyl (C=O) groups excluding carboxylic acids is 1. The van der Waals surface area contributed by atoms with Crippen LogP contribution < -0.4 is 5.32 Å². The van der Waals surface area contributed by atoms with Crippen LogP contribution in [0.1, 0.15) is 0 Å². The zero-order valence-corrected chi connectivity index (χ0v) is 9.46. The van der Waals surface area contributed by atoms with Crippen LogP contribution in [0.25, 0.3) is 0 Å². The summed E-state index contributed by atoms with van der Waals surface area (Å²) >= 11 is 0. The lowest BCUT2D eigenvalue weighted by Crippen LogP contribution is -2.21. The molecule has 102 valence electrons. The fourth-order valence-electron chi connectivity index (χ4n) is 1.14. The Bertz CT molecular complexity index is 519. The van der Waals surface area contributed by atoms with Gasteiger partial charge in [0.25, 0.3) is 5.69 Å². The Hall–Kier alpha value is -2.55. The minimum atomic E-state index is -1.24. The van der Waals surface area contributed by atoms with E-state index in [0.717, 1.165) is 12.1 Å². The summed E-state index contributed by atoms with van der Waals surface area (Å²) < 4.78 is 17.9. The van der Waals surface area contributed by atoms with Crippen molar-refractivity contribution in [2.45, 2.75) is 0 Å². The van der Waals surface area contributed by atoms with E-state index in [0.29, 0.717) is 6.07 Å². The number of hydrogen-bond acceptors (Lipinski definition) is 5. The van der Waals surface area contributed by atoms with E-state index in [2.05, 4.69) is 10.1 Å². The predicted octanol–water partition coefficient (Wildman–Crippen LogP) is 0.774. The van der Waals surface area contributed by atoms with Crippen molar-refractivity contribution < 1.29 is 28.7 Å². The molecule has 0 aromatic heterocycles. The lowest BCUT2D eigenvalue weighted by Gasteiger charge is -2.06. The minimum absolute atomic E-state index is 0.255. The number of rotatable bonds is 6. The van der Waals surface area contributed by atoms with Crippen molar-refractivity contribution in [2.24, 2.45) is 0 Å². The molecule has 0 fully saturated rings. The highest BCUT2D eigenvalue weighted by Crippen LogP contribution is 2.20. The van der Waals surface area contributed by atoms with E-state index in [1.165, 1.54) is 0 Å². The smallest absolute Gasteiger partial charge is 0.329 e. The molecular formula is C10H9FN2O6. The molecule has 0 heterocycles. The van der Waals surface area contributed by atoms with Gasteiger partial charge in [-0.25, -0.2) is 9.18 Å². The number of carboxylic acid groups (broad SMARTS) is 1. The lowest BCUT2D eigenvalue weighted by molar-refractivity contribution is -0.385. The maximum Gasteiger partial charge on any atom is 0.329 e. The topological polar surface area (TPSA) is 119 Å². The second kappa shape index (κ2) is 6.40. The number of ether oxygens (including phenoxy) is 1. The molecule has 0 saturated heterocycles. The molecule has 8 nitrogen and oxygen atoms in total. The number of halogens is 1. The molecule has 0 radical (unpaired) electrons. The predicted molar refractivity (Wildman–Crippen MR) is 60.1 cm³/mol. The number of nitrogens with one attached hydrogen (secondary N) is 1. The summed E-state index contributed by atoms with van der Waals surface area (Å²) in [5.41, 5.74) is -0.702. The van der Waals surface area contributed by atoms with Gasteiger partial charge in [0, 0.05) is 6.07 Å². The van der Waals surface area contributed by atoms with E-state index in [9.17, 15) is 24.1 Å². The van der Waals surface area contributed by atoms with E-state index in [1.807, 2.05) is 0 Å². The van der Waals surface area contributed by atoms with Crippen LogP contribution >= 0.6 is 0 Å². The second-order valence-electron chi connectivity index (χ2n) is 3.36. The van der Waals surface area contributed by atoms with Gasteiger partial charge in [-0.1, -0.05) is 0 Å². The van der Waals surface area contributed by atoms with Crippen LogP contribution in [0.5, 0.6) is 0 Å². The van der Waals surface area contributed by atoms with Crippen LogP contribution in [0.3, 0.4) is 0 Å². The third-order valence-electron chi connectivity index (χ3n) is 1.90. The highest BCUT2D eigenvalue weighted by Gasteiger charge is 2.12. The summed E-state index contributed by atoms with van der Waals surface area (Å²) in [6.07, 6.45) is 0. The Labute approximate surface area is 105 Å². The van der Waals surface area contributed by atoms with E-state index in [-0.39, 0.29) is 5.69 Å². The van der Waals surface area contributed by atoms with Gasteiger partial charge in [-0.3, -0.25) is 14.9 Å². The van der Waals surface area contributed by atoms with Gasteiger partial charge in [0.15, 0.2) is 5.82 Å². The quantitative estimate of drug-likeness (QED) is 0.583. The first-order chi connectivity index (χ1) is 8.90. The molecule has 0 atom stereocenters.